The number of nitrogens with two attached hydrogens (primary N) is 1. The molecule has 0 bridgehead atoms. The van der Waals surface area contributed by atoms with E-state index in [1.807, 2.05) is 6.92 Å². The van der Waals surface area contributed by atoms with Gasteiger partial charge in [0.25, 0.3) is 5.91 Å². The summed E-state index contributed by atoms with van der Waals surface area (Å²) >= 11 is 0. The van der Waals surface area contributed by atoms with Crippen LogP contribution < -0.4 is 11.1 Å². The summed E-state index contributed by atoms with van der Waals surface area (Å²) in [5.74, 6) is -2.04. The highest BCUT2D eigenvalue weighted by Gasteiger charge is 2.41. The van der Waals surface area contributed by atoms with Crippen LogP contribution in [0.4, 0.5) is 8.78 Å². The number of hydrogen-bond donors (Lipinski definition) is 2. The number of rotatable bonds is 4. The Morgan fingerprint density at radius 1 is 1.44 bits per heavy atom. The first kappa shape index (κ1) is 13.0. The highest BCUT2D eigenvalue weighted by molar-refractivity contribution is 5.94. The average Bonchev–Trinajstić information content (AvgIpc) is 3.16. The van der Waals surface area contributed by atoms with Crippen LogP contribution in [0.1, 0.15) is 30.1 Å². The summed E-state index contributed by atoms with van der Waals surface area (Å²) in [6, 6.07) is 3.10. The molecule has 0 aromatic heterocycles. The molecule has 0 aliphatic heterocycles. The van der Waals surface area contributed by atoms with Crippen LogP contribution >= 0.6 is 0 Å². The van der Waals surface area contributed by atoms with Crippen molar-refractivity contribution in [3.8, 4) is 0 Å². The van der Waals surface area contributed by atoms with Gasteiger partial charge in [0.05, 0.1) is 5.54 Å². The summed E-state index contributed by atoms with van der Waals surface area (Å²) in [6.07, 6.45) is 2.07. The third kappa shape index (κ3) is 2.51. The van der Waals surface area contributed by atoms with E-state index in [-0.39, 0.29) is 5.56 Å². The maximum Gasteiger partial charge on any atom is 0.251 e. The average molecular weight is 254 g/mol. The molecule has 1 fully saturated rings. The lowest BCUT2D eigenvalue weighted by atomic mass is 9.95. The molecule has 18 heavy (non-hydrogen) atoms. The molecule has 3 N–H and O–H groups in total. The Morgan fingerprint density at radius 2 is 2.11 bits per heavy atom. The Hall–Kier alpha value is -1.49. The fraction of sp³-hybridized carbons (Fsp3) is 0.462. The molecule has 1 aliphatic rings. The SMILES string of the molecule is CC(CN)(NC(=O)c1ccc(F)c(F)c1)C1CC1. The van der Waals surface area contributed by atoms with Gasteiger partial charge in [-0.15, -0.1) is 0 Å². The standard InChI is InChI=1S/C13H16F2N2O/c1-13(7-16,9-3-4-9)17-12(18)8-2-5-10(14)11(15)6-8/h2,5-6,9H,3-4,7,16H2,1H3,(H,17,18). The third-order valence-corrected chi connectivity index (χ3v) is 3.48. The predicted molar refractivity (Wildman–Crippen MR) is 64.0 cm³/mol. The van der Waals surface area contributed by atoms with E-state index in [2.05, 4.69) is 5.32 Å². The molecule has 1 aliphatic carbocycles. The molecule has 1 aromatic carbocycles. The number of nitrogens with one attached hydrogen (secondary N) is 1. The number of benzene rings is 1. The second kappa shape index (κ2) is 4.65. The lowest BCUT2D eigenvalue weighted by Crippen LogP contribution is -2.53. The van der Waals surface area contributed by atoms with E-state index in [0.717, 1.165) is 25.0 Å². The van der Waals surface area contributed by atoms with Crippen molar-refractivity contribution in [2.24, 2.45) is 11.7 Å². The number of halogens is 2. The lowest BCUT2D eigenvalue weighted by molar-refractivity contribution is 0.0897. The van der Waals surface area contributed by atoms with Gasteiger partial charge in [0, 0.05) is 12.1 Å². The van der Waals surface area contributed by atoms with Gasteiger partial charge in [0.1, 0.15) is 0 Å². The van der Waals surface area contributed by atoms with Crippen LogP contribution in [0.25, 0.3) is 0 Å². The van der Waals surface area contributed by atoms with E-state index in [0.29, 0.717) is 12.5 Å². The van der Waals surface area contributed by atoms with Crippen molar-refractivity contribution in [3.05, 3.63) is 35.4 Å². The minimum Gasteiger partial charge on any atom is -0.345 e. The van der Waals surface area contributed by atoms with Crippen LogP contribution in [0.15, 0.2) is 18.2 Å². The quantitative estimate of drug-likeness (QED) is 0.861. The third-order valence-electron chi connectivity index (χ3n) is 3.48. The first-order valence-corrected chi connectivity index (χ1v) is 5.94. The fourth-order valence-corrected chi connectivity index (χ4v) is 2.01. The Balaban J connectivity index is 2.13. The van der Waals surface area contributed by atoms with E-state index in [4.69, 9.17) is 5.73 Å². The van der Waals surface area contributed by atoms with Crippen LogP contribution in [0, 0.1) is 17.6 Å². The Labute approximate surface area is 104 Å². The molecule has 1 saturated carbocycles. The molecule has 0 spiro atoms. The minimum atomic E-state index is -1.02. The highest BCUT2D eigenvalue weighted by atomic mass is 19.2. The summed E-state index contributed by atoms with van der Waals surface area (Å²) in [5, 5.41) is 2.81. The Kier molecular flexibility index (Phi) is 3.34. The van der Waals surface area contributed by atoms with E-state index in [9.17, 15) is 13.6 Å². The second-order valence-corrected chi connectivity index (χ2v) is 4.98. The highest BCUT2D eigenvalue weighted by Crippen LogP contribution is 2.39. The smallest absolute Gasteiger partial charge is 0.251 e. The minimum absolute atomic E-state index is 0.106. The molecule has 1 unspecified atom stereocenters. The molecule has 0 heterocycles. The van der Waals surface area contributed by atoms with Gasteiger partial charge in [-0.3, -0.25) is 4.79 Å². The molecule has 0 radical (unpaired) electrons. The van der Waals surface area contributed by atoms with Gasteiger partial charge < -0.3 is 11.1 Å². The summed E-state index contributed by atoms with van der Waals surface area (Å²) < 4.78 is 25.8. The van der Waals surface area contributed by atoms with Gasteiger partial charge in [0.15, 0.2) is 11.6 Å². The summed E-state index contributed by atoms with van der Waals surface area (Å²) in [7, 11) is 0. The first-order valence-electron chi connectivity index (χ1n) is 5.94. The largest absolute Gasteiger partial charge is 0.345 e. The summed E-state index contributed by atoms with van der Waals surface area (Å²) in [4.78, 5) is 12.0. The van der Waals surface area contributed by atoms with Crippen molar-refractivity contribution < 1.29 is 13.6 Å². The van der Waals surface area contributed by atoms with Gasteiger partial charge in [-0.2, -0.15) is 0 Å². The van der Waals surface area contributed by atoms with Gasteiger partial charge in [-0.1, -0.05) is 0 Å². The molecule has 1 aromatic rings. The van der Waals surface area contributed by atoms with E-state index < -0.39 is 23.1 Å². The Morgan fingerprint density at radius 3 is 2.61 bits per heavy atom. The lowest BCUT2D eigenvalue weighted by Gasteiger charge is -2.29. The number of hydrogen-bond acceptors (Lipinski definition) is 2. The van der Waals surface area contributed by atoms with Gasteiger partial charge in [-0.25, -0.2) is 8.78 Å². The van der Waals surface area contributed by atoms with Gasteiger partial charge >= 0.3 is 0 Å². The van der Waals surface area contributed by atoms with Crippen molar-refractivity contribution in [1.29, 1.82) is 0 Å². The maximum atomic E-state index is 13.0. The van der Waals surface area contributed by atoms with Crippen LogP contribution in [-0.2, 0) is 0 Å². The maximum absolute atomic E-state index is 13.0. The topological polar surface area (TPSA) is 55.1 Å². The fourth-order valence-electron chi connectivity index (χ4n) is 2.01. The van der Waals surface area contributed by atoms with Crippen LogP contribution in [0.3, 0.4) is 0 Å². The molecule has 3 nitrogen and oxygen atoms in total. The molecule has 0 saturated heterocycles. The molecular weight excluding hydrogens is 238 g/mol. The predicted octanol–water partition coefficient (Wildman–Crippen LogP) is 1.82. The zero-order valence-corrected chi connectivity index (χ0v) is 10.2. The summed E-state index contributed by atoms with van der Waals surface area (Å²) in [5.41, 5.74) is 5.32. The van der Waals surface area contributed by atoms with Crippen molar-refractivity contribution >= 4 is 5.91 Å². The van der Waals surface area contributed by atoms with Crippen LogP contribution in [0.2, 0.25) is 0 Å². The van der Waals surface area contributed by atoms with Gasteiger partial charge in [-0.05, 0) is 43.9 Å². The van der Waals surface area contributed by atoms with E-state index >= 15 is 0 Å². The number of carbonyl (C=O) groups excluding carboxylic acids is 1. The number of carbonyl (C=O) groups is 1. The normalized spacial score (nSPS) is 18.2. The number of amides is 1. The van der Waals surface area contributed by atoms with Crippen molar-refractivity contribution in [3.63, 3.8) is 0 Å². The molecule has 5 heteroatoms. The molecule has 2 rings (SSSR count). The van der Waals surface area contributed by atoms with Gasteiger partial charge in [0.2, 0.25) is 0 Å². The first-order chi connectivity index (χ1) is 8.46. The van der Waals surface area contributed by atoms with Crippen LogP contribution in [-0.4, -0.2) is 18.0 Å². The molecule has 1 amide bonds. The molecular formula is C13H16F2N2O. The van der Waals surface area contributed by atoms with Crippen molar-refractivity contribution in [2.75, 3.05) is 6.54 Å². The molecule has 98 valence electrons. The van der Waals surface area contributed by atoms with Crippen molar-refractivity contribution in [2.45, 2.75) is 25.3 Å². The van der Waals surface area contributed by atoms with E-state index in [1.165, 1.54) is 6.07 Å². The second-order valence-electron chi connectivity index (χ2n) is 4.98. The van der Waals surface area contributed by atoms with Crippen LogP contribution in [0.5, 0.6) is 0 Å². The monoisotopic (exact) mass is 254 g/mol. The molecule has 1 atom stereocenters. The van der Waals surface area contributed by atoms with E-state index in [1.54, 1.807) is 0 Å². The van der Waals surface area contributed by atoms with Crippen molar-refractivity contribution in [1.82, 2.24) is 5.32 Å². The Bertz CT molecular complexity index is 474. The zero-order valence-electron chi connectivity index (χ0n) is 10.2. The summed E-state index contributed by atoms with van der Waals surface area (Å²) in [6.45, 7) is 2.20. The zero-order chi connectivity index (χ0) is 13.3.